The van der Waals surface area contributed by atoms with E-state index in [0.717, 1.165) is 16.5 Å². The van der Waals surface area contributed by atoms with E-state index in [9.17, 15) is 13.6 Å². The number of amides is 1. The summed E-state index contributed by atoms with van der Waals surface area (Å²) in [6.45, 7) is 0.218. The normalized spacial score (nSPS) is 11.3. The van der Waals surface area contributed by atoms with Crippen LogP contribution in [-0.2, 0) is 6.54 Å². The number of carbonyl (C=O) groups is 1. The van der Waals surface area contributed by atoms with Crippen LogP contribution >= 0.6 is 11.6 Å². The molecule has 0 saturated carbocycles. The second-order valence-corrected chi connectivity index (χ2v) is 5.41. The van der Waals surface area contributed by atoms with Crippen LogP contribution in [0.5, 0.6) is 0 Å². The number of nitrogens with zero attached hydrogens (tertiary/aromatic N) is 3. The third-order valence-electron chi connectivity index (χ3n) is 3.32. The third-order valence-corrected chi connectivity index (χ3v) is 3.53. The van der Waals surface area contributed by atoms with Crippen molar-refractivity contribution in [2.45, 2.75) is 13.0 Å². The highest BCUT2D eigenvalue weighted by molar-refractivity contribution is 6.31. The van der Waals surface area contributed by atoms with Crippen LogP contribution in [0.4, 0.5) is 8.78 Å². The fraction of sp³-hybridized carbons (Fsp3) is 0.133. The molecule has 0 saturated heterocycles. The average molecular weight is 337 g/mol. The van der Waals surface area contributed by atoms with Gasteiger partial charge in [-0.15, -0.1) is 0 Å². The second-order valence-electron chi connectivity index (χ2n) is 4.97. The first-order valence-electron chi connectivity index (χ1n) is 6.63. The second kappa shape index (κ2) is 5.92. The summed E-state index contributed by atoms with van der Waals surface area (Å²) < 4.78 is 27.0. The molecule has 0 spiro atoms. The van der Waals surface area contributed by atoms with Crippen molar-refractivity contribution in [3.63, 3.8) is 0 Å². The number of halogens is 3. The first-order chi connectivity index (χ1) is 10.9. The van der Waals surface area contributed by atoms with Crippen LogP contribution in [0.25, 0.3) is 10.9 Å². The molecule has 0 fully saturated rings. The molecular weight excluding hydrogens is 326 g/mol. The number of carbonyl (C=O) groups excluding carboxylic acids is 1. The maximum Gasteiger partial charge on any atom is 0.282 e. The van der Waals surface area contributed by atoms with E-state index < -0.39 is 18.0 Å². The van der Waals surface area contributed by atoms with Crippen molar-refractivity contribution in [2.24, 2.45) is 5.73 Å². The highest BCUT2D eigenvalue weighted by Crippen LogP contribution is 2.22. The Labute approximate surface area is 134 Å². The van der Waals surface area contributed by atoms with Gasteiger partial charge in [0.2, 0.25) is 0 Å². The largest absolute Gasteiger partial charge is 0.365 e. The van der Waals surface area contributed by atoms with Gasteiger partial charge in [-0.05, 0) is 23.8 Å². The molecule has 1 aromatic carbocycles. The Morgan fingerprint density at radius 2 is 2.13 bits per heavy atom. The van der Waals surface area contributed by atoms with Crippen LogP contribution in [0, 0.1) is 0 Å². The minimum atomic E-state index is -2.86. The summed E-state index contributed by atoms with van der Waals surface area (Å²) in [5, 5.41) is 5.08. The predicted octanol–water partition coefficient (Wildman–Crippen LogP) is 3.17. The van der Waals surface area contributed by atoms with Gasteiger partial charge in [-0.25, -0.2) is 8.78 Å². The number of alkyl halides is 2. The van der Waals surface area contributed by atoms with Crippen LogP contribution in [0.2, 0.25) is 5.02 Å². The number of hydrogen-bond acceptors (Lipinski definition) is 3. The maximum absolute atomic E-state index is 12.9. The minimum Gasteiger partial charge on any atom is -0.365 e. The summed E-state index contributed by atoms with van der Waals surface area (Å²) in [5.41, 5.74) is 5.80. The Kier molecular flexibility index (Phi) is 3.96. The molecule has 0 aliphatic carbocycles. The standard InChI is InChI=1S/C15H11ClF2N4O/c16-10-4-9-3-8(1-2-12(9)20-5-10)6-22-7-11(15(19)23)13(21-22)14(17)18/h1-5,7,14H,6H2,(H2,19,23). The fourth-order valence-electron chi connectivity index (χ4n) is 2.31. The monoisotopic (exact) mass is 336 g/mol. The molecule has 2 N–H and O–H groups in total. The summed E-state index contributed by atoms with van der Waals surface area (Å²) >= 11 is 5.91. The predicted molar refractivity (Wildman–Crippen MR) is 81.6 cm³/mol. The Hall–Kier alpha value is -2.54. The maximum atomic E-state index is 12.9. The van der Waals surface area contributed by atoms with Crippen LogP contribution in [0.1, 0.15) is 28.0 Å². The van der Waals surface area contributed by atoms with Crippen molar-refractivity contribution in [1.82, 2.24) is 14.8 Å². The quantitative estimate of drug-likeness (QED) is 0.795. The lowest BCUT2D eigenvalue weighted by Crippen LogP contribution is -2.12. The number of hydrogen-bond donors (Lipinski definition) is 1. The van der Waals surface area contributed by atoms with E-state index in [1.165, 1.54) is 10.9 Å². The molecule has 0 atom stereocenters. The molecule has 2 heterocycles. The van der Waals surface area contributed by atoms with E-state index in [1.807, 2.05) is 6.07 Å². The number of fused-ring (bicyclic) bond motifs is 1. The van der Waals surface area contributed by atoms with Crippen LogP contribution in [0.3, 0.4) is 0 Å². The van der Waals surface area contributed by atoms with E-state index in [0.29, 0.717) is 5.02 Å². The Morgan fingerprint density at radius 1 is 1.35 bits per heavy atom. The van der Waals surface area contributed by atoms with Gasteiger partial charge < -0.3 is 5.73 Å². The molecule has 5 nitrogen and oxygen atoms in total. The lowest BCUT2D eigenvalue weighted by atomic mass is 10.1. The number of nitrogens with two attached hydrogens (primary N) is 1. The minimum absolute atomic E-state index is 0.218. The van der Waals surface area contributed by atoms with Gasteiger partial charge in [-0.1, -0.05) is 17.7 Å². The van der Waals surface area contributed by atoms with Crippen molar-refractivity contribution in [3.8, 4) is 0 Å². The number of rotatable bonds is 4. The molecule has 0 unspecified atom stereocenters. The van der Waals surface area contributed by atoms with Gasteiger partial charge in [-0.3, -0.25) is 14.5 Å². The highest BCUT2D eigenvalue weighted by Gasteiger charge is 2.21. The summed E-state index contributed by atoms with van der Waals surface area (Å²) in [5.74, 6) is -0.930. The van der Waals surface area contributed by atoms with E-state index in [2.05, 4.69) is 10.1 Å². The molecule has 8 heteroatoms. The summed E-state index contributed by atoms with van der Waals surface area (Å²) in [7, 11) is 0. The topological polar surface area (TPSA) is 73.8 Å². The van der Waals surface area contributed by atoms with Crippen molar-refractivity contribution in [3.05, 3.63) is 58.5 Å². The van der Waals surface area contributed by atoms with Crippen molar-refractivity contribution in [1.29, 1.82) is 0 Å². The van der Waals surface area contributed by atoms with Gasteiger partial charge in [0.25, 0.3) is 12.3 Å². The lowest BCUT2D eigenvalue weighted by Gasteiger charge is -2.04. The molecule has 3 rings (SSSR count). The van der Waals surface area contributed by atoms with Gasteiger partial charge in [0.15, 0.2) is 0 Å². The zero-order valence-corrected chi connectivity index (χ0v) is 12.5. The molecule has 2 aromatic heterocycles. The summed E-state index contributed by atoms with van der Waals surface area (Å²) in [4.78, 5) is 15.4. The van der Waals surface area contributed by atoms with Crippen molar-refractivity contribution < 1.29 is 13.6 Å². The molecule has 0 aliphatic rings. The van der Waals surface area contributed by atoms with Gasteiger partial charge in [0.05, 0.1) is 22.6 Å². The molecule has 1 amide bonds. The van der Waals surface area contributed by atoms with E-state index in [1.54, 1.807) is 24.4 Å². The fourth-order valence-corrected chi connectivity index (χ4v) is 2.47. The molecule has 0 aliphatic heterocycles. The molecule has 118 valence electrons. The van der Waals surface area contributed by atoms with Crippen LogP contribution in [0.15, 0.2) is 36.7 Å². The number of primary amides is 1. The van der Waals surface area contributed by atoms with Crippen molar-refractivity contribution in [2.75, 3.05) is 0 Å². The van der Waals surface area contributed by atoms with E-state index >= 15 is 0 Å². The van der Waals surface area contributed by atoms with Crippen LogP contribution in [-0.4, -0.2) is 20.7 Å². The molecular formula is C15H11ClF2N4O. The first-order valence-corrected chi connectivity index (χ1v) is 7.01. The SMILES string of the molecule is NC(=O)c1cn(Cc2ccc3ncc(Cl)cc3c2)nc1C(F)F. The molecule has 0 bridgehead atoms. The van der Waals surface area contributed by atoms with Gasteiger partial charge >= 0.3 is 0 Å². The van der Waals surface area contributed by atoms with Crippen molar-refractivity contribution >= 4 is 28.4 Å². The van der Waals surface area contributed by atoms with Gasteiger partial charge in [0, 0.05) is 17.8 Å². The average Bonchev–Trinajstić information content (AvgIpc) is 2.91. The number of aromatic nitrogens is 3. The molecule has 0 radical (unpaired) electrons. The smallest absolute Gasteiger partial charge is 0.282 e. The number of pyridine rings is 1. The van der Waals surface area contributed by atoms with Gasteiger partial charge in [0.1, 0.15) is 5.69 Å². The third kappa shape index (κ3) is 3.14. The van der Waals surface area contributed by atoms with E-state index in [-0.39, 0.29) is 12.1 Å². The zero-order chi connectivity index (χ0) is 16.6. The number of benzene rings is 1. The summed E-state index contributed by atoms with van der Waals surface area (Å²) in [6.07, 6.45) is -0.0895. The first kappa shape index (κ1) is 15.4. The molecule has 3 aromatic rings. The Bertz CT molecular complexity index is 894. The highest BCUT2D eigenvalue weighted by atomic mass is 35.5. The van der Waals surface area contributed by atoms with E-state index in [4.69, 9.17) is 17.3 Å². The molecule has 23 heavy (non-hydrogen) atoms. The van der Waals surface area contributed by atoms with Crippen LogP contribution < -0.4 is 5.73 Å². The Balaban J connectivity index is 1.95. The lowest BCUT2D eigenvalue weighted by molar-refractivity contribution is 0.0985. The summed E-state index contributed by atoms with van der Waals surface area (Å²) in [6, 6.07) is 7.20. The van der Waals surface area contributed by atoms with Gasteiger partial charge in [-0.2, -0.15) is 5.10 Å². The Morgan fingerprint density at radius 3 is 2.78 bits per heavy atom. The zero-order valence-electron chi connectivity index (χ0n) is 11.7.